The van der Waals surface area contributed by atoms with Crippen LogP contribution in [-0.2, 0) is 24.3 Å². The number of primary amides is 1. The molecular weight excluding hydrogens is 453 g/mol. The van der Waals surface area contributed by atoms with Gasteiger partial charge < -0.3 is 15.8 Å². The van der Waals surface area contributed by atoms with Gasteiger partial charge in [-0.15, -0.1) is 0 Å². The molecule has 0 spiro atoms. The van der Waals surface area contributed by atoms with E-state index in [1.807, 2.05) is 0 Å². The Morgan fingerprint density at radius 2 is 1.64 bits per heavy atom. The largest absolute Gasteiger partial charge is 0.452 e. The summed E-state index contributed by atoms with van der Waals surface area (Å²) in [5.74, 6) is -2.80. The highest BCUT2D eigenvalue weighted by atomic mass is 32.2. The van der Waals surface area contributed by atoms with Crippen molar-refractivity contribution in [3.05, 3.63) is 59.9 Å². The van der Waals surface area contributed by atoms with Crippen molar-refractivity contribution in [3.8, 4) is 0 Å². The second kappa shape index (κ2) is 10.1. The van der Waals surface area contributed by atoms with Gasteiger partial charge in [-0.25, -0.2) is 12.8 Å². The van der Waals surface area contributed by atoms with Gasteiger partial charge in [0.1, 0.15) is 5.82 Å². The van der Waals surface area contributed by atoms with Crippen LogP contribution in [0.4, 0.5) is 10.1 Å². The Hall–Kier alpha value is -3.31. The molecule has 0 aromatic heterocycles. The van der Waals surface area contributed by atoms with Gasteiger partial charge >= 0.3 is 5.97 Å². The third kappa shape index (κ3) is 5.93. The highest BCUT2D eigenvalue weighted by Gasteiger charge is 2.34. The first kappa shape index (κ1) is 24.3. The van der Waals surface area contributed by atoms with Crippen molar-refractivity contribution in [1.82, 2.24) is 4.31 Å². The van der Waals surface area contributed by atoms with Crippen molar-refractivity contribution in [2.75, 3.05) is 18.4 Å². The normalized spacial score (nSPS) is 16.1. The fraction of sp³-hybridized carbons (Fsp3) is 0.318. The number of nitrogens with zero attached hydrogens (tertiary/aromatic N) is 1. The zero-order valence-corrected chi connectivity index (χ0v) is 18.7. The third-order valence-corrected chi connectivity index (χ3v) is 7.25. The summed E-state index contributed by atoms with van der Waals surface area (Å²) in [5, 5.41) is 2.58. The predicted molar refractivity (Wildman–Crippen MR) is 117 cm³/mol. The predicted octanol–water partition coefficient (Wildman–Crippen LogP) is 1.90. The average molecular weight is 478 g/mol. The lowest BCUT2D eigenvalue weighted by atomic mass is 9.98. The molecule has 2 aromatic rings. The van der Waals surface area contributed by atoms with E-state index in [0.717, 1.165) is 12.1 Å². The summed E-state index contributed by atoms with van der Waals surface area (Å²) in [6.07, 6.45) is -0.598. The van der Waals surface area contributed by atoms with E-state index in [4.69, 9.17) is 10.5 Å². The van der Waals surface area contributed by atoms with Gasteiger partial charge in [-0.05, 0) is 68.3 Å². The first-order valence-corrected chi connectivity index (χ1v) is 11.7. The van der Waals surface area contributed by atoms with Gasteiger partial charge in [-0.1, -0.05) is 0 Å². The number of halogens is 1. The smallest absolute Gasteiger partial charge is 0.309 e. The maximum absolute atomic E-state index is 13.1. The number of nitrogens with one attached hydrogen (secondary N) is 1. The van der Waals surface area contributed by atoms with Crippen LogP contribution in [0.2, 0.25) is 0 Å². The first-order valence-electron chi connectivity index (χ1n) is 10.2. The van der Waals surface area contributed by atoms with E-state index in [9.17, 15) is 27.2 Å². The minimum Gasteiger partial charge on any atom is -0.452 e. The topological polar surface area (TPSA) is 136 Å². The quantitative estimate of drug-likeness (QED) is 0.585. The zero-order chi connectivity index (χ0) is 24.2. The number of carbonyl (C=O) groups is 3. The Kier molecular flexibility index (Phi) is 7.44. The molecule has 0 aliphatic carbocycles. The molecule has 33 heavy (non-hydrogen) atoms. The van der Waals surface area contributed by atoms with Crippen molar-refractivity contribution in [3.63, 3.8) is 0 Å². The number of piperidine rings is 1. The van der Waals surface area contributed by atoms with Crippen LogP contribution in [0.1, 0.15) is 30.1 Å². The minimum absolute atomic E-state index is 0.0147. The van der Waals surface area contributed by atoms with Crippen molar-refractivity contribution in [2.24, 2.45) is 11.7 Å². The monoisotopic (exact) mass is 477 g/mol. The molecule has 0 bridgehead atoms. The number of amides is 2. The zero-order valence-electron chi connectivity index (χ0n) is 17.9. The Balaban J connectivity index is 1.51. The molecule has 1 fully saturated rings. The summed E-state index contributed by atoms with van der Waals surface area (Å²) >= 11 is 0. The lowest BCUT2D eigenvalue weighted by Crippen LogP contribution is -2.41. The number of esters is 1. The molecule has 1 saturated heterocycles. The summed E-state index contributed by atoms with van der Waals surface area (Å²) in [6.45, 7) is 1.64. The van der Waals surface area contributed by atoms with Crippen molar-refractivity contribution in [2.45, 2.75) is 30.8 Å². The highest BCUT2D eigenvalue weighted by Crippen LogP contribution is 2.25. The number of hydrogen-bond acceptors (Lipinski definition) is 6. The van der Waals surface area contributed by atoms with Gasteiger partial charge in [-0.3, -0.25) is 14.4 Å². The average Bonchev–Trinajstić information content (AvgIpc) is 2.79. The first-order chi connectivity index (χ1) is 15.6. The van der Waals surface area contributed by atoms with Crippen molar-refractivity contribution < 1.29 is 31.9 Å². The molecule has 3 rings (SSSR count). The number of anilines is 1. The van der Waals surface area contributed by atoms with E-state index in [1.54, 1.807) is 0 Å². The van der Waals surface area contributed by atoms with Gasteiger partial charge in [0, 0.05) is 24.3 Å². The van der Waals surface area contributed by atoms with E-state index in [0.29, 0.717) is 11.3 Å². The van der Waals surface area contributed by atoms with E-state index in [-0.39, 0.29) is 30.8 Å². The third-order valence-electron chi connectivity index (χ3n) is 5.34. The summed E-state index contributed by atoms with van der Waals surface area (Å²) in [6, 6.07) is 10.5. The number of benzene rings is 2. The number of nitrogens with two attached hydrogens (primary N) is 1. The fourth-order valence-corrected chi connectivity index (χ4v) is 4.84. The lowest BCUT2D eigenvalue weighted by molar-refractivity contribution is -0.158. The Morgan fingerprint density at radius 3 is 2.18 bits per heavy atom. The summed E-state index contributed by atoms with van der Waals surface area (Å²) in [7, 11) is -3.79. The van der Waals surface area contributed by atoms with Crippen LogP contribution in [0, 0.1) is 11.7 Å². The molecule has 9 nitrogen and oxygen atoms in total. The molecule has 0 radical (unpaired) electrons. The van der Waals surface area contributed by atoms with Gasteiger partial charge in [0.2, 0.25) is 15.9 Å². The molecule has 1 atom stereocenters. The standard InChI is InChI=1S/C22H24FN3O6S/c1-14(21(28)25-18-6-2-15(3-7-18)20(24)27)32-22(29)16-10-12-26(13-11-16)33(30,31)19-8-4-17(23)5-9-19/h2-9,14,16H,10-13H2,1H3,(H2,24,27)(H,25,28)/t14-/m0/s1. The molecule has 3 N–H and O–H groups in total. The molecule has 0 unspecified atom stereocenters. The van der Waals surface area contributed by atoms with Gasteiger partial charge in [0.25, 0.3) is 5.91 Å². The fourth-order valence-electron chi connectivity index (χ4n) is 3.37. The minimum atomic E-state index is -3.79. The Labute approximate surface area is 190 Å². The van der Waals surface area contributed by atoms with E-state index < -0.39 is 45.6 Å². The van der Waals surface area contributed by atoms with Crippen LogP contribution in [0.3, 0.4) is 0 Å². The molecular formula is C22H24FN3O6S. The molecule has 176 valence electrons. The van der Waals surface area contributed by atoms with Crippen molar-refractivity contribution >= 4 is 33.5 Å². The SMILES string of the molecule is C[C@H](OC(=O)C1CCN(S(=O)(=O)c2ccc(F)cc2)CC1)C(=O)Nc1ccc(C(N)=O)cc1. The molecule has 2 amide bonds. The molecule has 1 heterocycles. The maximum atomic E-state index is 13.1. The van der Waals surface area contributed by atoms with Crippen LogP contribution in [0.25, 0.3) is 0 Å². The summed E-state index contributed by atoms with van der Waals surface area (Å²) in [4.78, 5) is 35.9. The van der Waals surface area contributed by atoms with Gasteiger partial charge in [-0.2, -0.15) is 4.31 Å². The molecule has 2 aromatic carbocycles. The maximum Gasteiger partial charge on any atom is 0.309 e. The van der Waals surface area contributed by atoms with Crippen LogP contribution in [0.15, 0.2) is 53.4 Å². The van der Waals surface area contributed by atoms with Crippen LogP contribution >= 0.6 is 0 Å². The molecule has 11 heteroatoms. The molecule has 0 saturated carbocycles. The second-order valence-electron chi connectivity index (χ2n) is 7.64. The number of sulfonamides is 1. The molecule has 1 aliphatic heterocycles. The van der Waals surface area contributed by atoms with E-state index >= 15 is 0 Å². The number of rotatable bonds is 7. The summed E-state index contributed by atoms with van der Waals surface area (Å²) < 4.78 is 45.0. The number of hydrogen-bond donors (Lipinski definition) is 2. The second-order valence-corrected chi connectivity index (χ2v) is 9.58. The van der Waals surface area contributed by atoms with Crippen LogP contribution in [-0.4, -0.2) is 49.7 Å². The lowest BCUT2D eigenvalue weighted by Gasteiger charge is -2.30. The number of carbonyl (C=O) groups excluding carboxylic acids is 3. The molecule has 1 aliphatic rings. The number of ether oxygens (including phenoxy) is 1. The summed E-state index contributed by atoms with van der Waals surface area (Å²) in [5.41, 5.74) is 5.87. The van der Waals surface area contributed by atoms with E-state index in [1.165, 1.54) is 47.6 Å². The van der Waals surface area contributed by atoms with Crippen LogP contribution < -0.4 is 11.1 Å². The Bertz CT molecular complexity index is 1130. The Morgan fingerprint density at radius 1 is 1.06 bits per heavy atom. The van der Waals surface area contributed by atoms with Crippen LogP contribution in [0.5, 0.6) is 0 Å². The highest BCUT2D eigenvalue weighted by molar-refractivity contribution is 7.89. The van der Waals surface area contributed by atoms with E-state index in [2.05, 4.69) is 5.32 Å². The van der Waals surface area contributed by atoms with Gasteiger partial charge in [0.05, 0.1) is 10.8 Å². The van der Waals surface area contributed by atoms with Gasteiger partial charge in [0.15, 0.2) is 6.10 Å². The van der Waals surface area contributed by atoms with Crippen molar-refractivity contribution in [1.29, 1.82) is 0 Å².